The third-order valence-electron chi connectivity index (χ3n) is 8.89. The Morgan fingerprint density at radius 3 is 2.33 bits per heavy atom. The minimum atomic E-state index is -0.0570. The van der Waals surface area contributed by atoms with Crippen LogP contribution in [0.5, 0.6) is 0 Å². The Kier molecular flexibility index (Phi) is 4.73. The highest BCUT2D eigenvalue weighted by molar-refractivity contribution is 5.94. The summed E-state index contributed by atoms with van der Waals surface area (Å²) in [5, 5.41) is 2.31. The zero-order valence-electron chi connectivity index (χ0n) is 22.2. The molecule has 0 aliphatic heterocycles. The first-order valence-electron chi connectivity index (χ1n) is 13.8. The topological polar surface area (TPSA) is 25.8 Å². The van der Waals surface area contributed by atoms with Crippen molar-refractivity contribution < 1.29 is 0 Å². The fraction of sp³-hybridized carbons (Fsp3) is 0.135. The summed E-state index contributed by atoms with van der Waals surface area (Å²) in [6.07, 6.45) is 6.08. The van der Waals surface area contributed by atoms with E-state index in [1.165, 1.54) is 55.5 Å². The van der Waals surface area contributed by atoms with Crippen LogP contribution < -0.4 is 0 Å². The number of hydrogen-bond donors (Lipinski definition) is 0. The molecule has 2 heteroatoms. The molecular weight excluding hydrogens is 472 g/mol. The van der Waals surface area contributed by atoms with E-state index < -0.39 is 0 Å². The van der Waals surface area contributed by atoms with Crippen LogP contribution in [0, 0.1) is 0 Å². The lowest BCUT2D eigenvalue weighted by atomic mass is 9.74. The summed E-state index contributed by atoms with van der Waals surface area (Å²) in [7, 11) is 0. The molecule has 0 bridgehead atoms. The second-order valence-electron chi connectivity index (χ2n) is 11.4. The third-order valence-corrected chi connectivity index (χ3v) is 8.89. The Morgan fingerprint density at radius 2 is 1.44 bits per heavy atom. The first-order valence-corrected chi connectivity index (χ1v) is 13.8. The normalized spacial score (nSPS) is 14.4. The quantitative estimate of drug-likeness (QED) is 0.237. The predicted molar refractivity (Wildman–Crippen MR) is 161 cm³/mol. The van der Waals surface area contributed by atoms with Gasteiger partial charge in [0, 0.05) is 28.8 Å². The van der Waals surface area contributed by atoms with Crippen LogP contribution in [0.1, 0.15) is 36.1 Å². The third kappa shape index (κ3) is 3.28. The molecule has 0 saturated carbocycles. The van der Waals surface area contributed by atoms with Gasteiger partial charge in [0.25, 0.3) is 0 Å². The second kappa shape index (κ2) is 8.22. The number of aryl methyl sites for hydroxylation is 1. The molecule has 2 aliphatic carbocycles. The molecule has 0 saturated heterocycles. The average molecular weight is 501 g/mol. The lowest BCUT2D eigenvalue weighted by Gasteiger charge is -2.29. The highest BCUT2D eigenvalue weighted by Gasteiger charge is 2.39. The maximum Gasteiger partial charge on any atom is 0.0964 e. The highest BCUT2D eigenvalue weighted by Crippen LogP contribution is 2.53. The van der Waals surface area contributed by atoms with Crippen molar-refractivity contribution in [3.8, 4) is 44.8 Å². The Labute approximate surface area is 229 Å². The Hall–Kier alpha value is -4.56. The largest absolute Gasteiger partial charge is 0.254 e. The lowest BCUT2D eigenvalue weighted by Crippen LogP contribution is -2.19. The van der Waals surface area contributed by atoms with Crippen LogP contribution in [0.2, 0.25) is 0 Å². The van der Waals surface area contributed by atoms with Gasteiger partial charge < -0.3 is 0 Å². The van der Waals surface area contributed by atoms with Crippen molar-refractivity contribution in [3.05, 3.63) is 132 Å². The molecule has 2 heterocycles. The molecule has 6 aromatic rings. The van der Waals surface area contributed by atoms with Gasteiger partial charge in [0.1, 0.15) is 0 Å². The molecule has 2 nitrogen and oxygen atoms in total. The molecule has 0 fully saturated rings. The fourth-order valence-electron chi connectivity index (χ4n) is 7.00. The monoisotopic (exact) mass is 500 g/mol. The summed E-state index contributed by atoms with van der Waals surface area (Å²) in [5.74, 6) is 0. The zero-order chi connectivity index (χ0) is 26.1. The molecule has 0 amide bonds. The van der Waals surface area contributed by atoms with Gasteiger partial charge >= 0.3 is 0 Å². The van der Waals surface area contributed by atoms with E-state index in [0.29, 0.717) is 0 Å². The zero-order valence-corrected chi connectivity index (χ0v) is 22.2. The van der Waals surface area contributed by atoms with Crippen LogP contribution in [0.4, 0.5) is 0 Å². The van der Waals surface area contributed by atoms with Gasteiger partial charge in [0.15, 0.2) is 0 Å². The van der Waals surface area contributed by atoms with E-state index in [2.05, 4.69) is 110 Å². The van der Waals surface area contributed by atoms with Crippen LogP contribution >= 0.6 is 0 Å². The van der Waals surface area contributed by atoms with Gasteiger partial charge in [-0.25, -0.2) is 0 Å². The predicted octanol–water partition coefficient (Wildman–Crippen LogP) is 9.04. The van der Waals surface area contributed by atoms with E-state index in [1.807, 2.05) is 18.5 Å². The van der Waals surface area contributed by atoms with Crippen molar-refractivity contribution in [1.29, 1.82) is 0 Å². The van der Waals surface area contributed by atoms with Crippen molar-refractivity contribution in [2.75, 3.05) is 0 Å². The van der Waals surface area contributed by atoms with Crippen molar-refractivity contribution >= 4 is 10.8 Å². The molecule has 186 valence electrons. The number of fused-ring (bicyclic) bond motifs is 8. The van der Waals surface area contributed by atoms with Gasteiger partial charge in [-0.1, -0.05) is 92.7 Å². The van der Waals surface area contributed by atoms with Crippen LogP contribution in [0.3, 0.4) is 0 Å². The standard InChI is InChI=1S/C37H28N2/c1-37(2)33-21-25(26-13-18-34(39-22-26)36-28-10-6-4-8-24(28)19-20-38-36)12-14-30(33)32-17-16-29-27-9-5-3-7-23(27)11-15-31(29)35(32)37/h3-10,12-14,16-22H,11,15H2,1-2H3. The van der Waals surface area contributed by atoms with Gasteiger partial charge in [-0.15, -0.1) is 0 Å². The first kappa shape index (κ1) is 22.4. The van der Waals surface area contributed by atoms with Gasteiger partial charge in [0.05, 0.1) is 11.4 Å². The van der Waals surface area contributed by atoms with E-state index >= 15 is 0 Å². The number of rotatable bonds is 2. The molecule has 4 aromatic carbocycles. The number of pyridine rings is 2. The maximum atomic E-state index is 4.86. The van der Waals surface area contributed by atoms with E-state index in [4.69, 9.17) is 4.98 Å². The van der Waals surface area contributed by atoms with E-state index in [1.54, 1.807) is 0 Å². The summed E-state index contributed by atoms with van der Waals surface area (Å²) in [4.78, 5) is 9.52. The molecule has 0 atom stereocenters. The summed E-state index contributed by atoms with van der Waals surface area (Å²) in [5.41, 5.74) is 15.6. The first-order chi connectivity index (χ1) is 19.1. The SMILES string of the molecule is CC1(C)c2cc(-c3ccc(-c4nccc5ccccc45)nc3)ccc2-c2ccc3c(c21)CCc1ccccc1-3. The average Bonchev–Trinajstić information content (AvgIpc) is 3.23. The van der Waals surface area contributed by atoms with E-state index in [9.17, 15) is 0 Å². The maximum absolute atomic E-state index is 4.86. The van der Waals surface area contributed by atoms with Crippen molar-refractivity contribution in [2.45, 2.75) is 32.1 Å². The van der Waals surface area contributed by atoms with Crippen molar-refractivity contribution in [2.24, 2.45) is 0 Å². The fourth-order valence-corrected chi connectivity index (χ4v) is 7.00. The van der Waals surface area contributed by atoms with Gasteiger partial charge in [-0.05, 0) is 86.5 Å². The van der Waals surface area contributed by atoms with Crippen LogP contribution in [-0.4, -0.2) is 9.97 Å². The van der Waals surface area contributed by atoms with Crippen LogP contribution in [0.25, 0.3) is 55.5 Å². The Balaban J connectivity index is 1.20. The molecule has 0 N–H and O–H groups in total. The summed E-state index contributed by atoms with van der Waals surface area (Å²) in [6, 6.07) is 35.3. The van der Waals surface area contributed by atoms with Crippen LogP contribution in [0.15, 0.2) is 109 Å². The molecule has 2 aromatic heterocycles. The van der Waals surface area contributed by atoms with Crippen molar-refractivity contribution in [3.63, 3.8) is 0 Å². The molecule has 0 radical (unpaired) electrons. The number of benzene rings is 4. The minimum Gasteiger partial charge on any atom is -0.254 e. The number of aromatic nitrogens is 2. The molecule has 0 unspecified atom stereocenters. The Morgan fingerprint density at radius 1 is 0.641 bits per heavy atom. The second-order valence-corrected chi connectivity index (χ2v) is 11.4. The number of hydrogen-bond acceptors (Lipinski definition) is 2. The molecular formula is C37H28N2. The van der Waals surface area contributed by atoms with E-state index in [-0.39, 0.29) is 5.41 Å². The number of nitrogens with zero attached hydrogens (tertiary/aromatic N) is 2. The molecule has 2 aliphatic rings. The highest BCUT2D eigenvalue weighted by atomic mass is 14.8. The minimum absolute atomic E-state index is 0.0570. The van der Waals surface area contributed by atoms with Gasteiger partial charge in [0.2, 0.25) is 0 Å². The van der Waals surface area contributed by atoms with Gasteiger partial charge in [-0.3, -0.25) is 9.97 Å². The van der Waals surface area contributed by atoms with Crippen LogP contribution in [-0.2, 0) is 18.3 Å². The Bertz CT molecular complexity index is 1920. The van der Waals surface area contributed by atoms with Gasteiger partial charge in [-0.2, -0.15) is 0 Å². The molecule has 8 rings (SSSR count). The lowest BCUT2D eigenvalue weighted by molar-refractivity contribution is 0.649. The molecule has 39 heavy (non-hydrogen) atoms. The molecule has 0 spiro atoms. The summed E-state index contributed by atoms with van der Waals surface area (Å²) in [6.45, 7) is 4.80. The smallest absolute Gasteiger partial charge is 0.0964 e. The van der Waals surface area contributed by atoms with Crippen molar-refractivity contribution in [1.82, 2.24) is 9.97 Å². The summed E-state index contributed by atoms with van der Waals surface area (Å²) < 4.78 is 0. The summed E-state index contributed by atoms with van der Waals surface area (Å²) >= 11 is 0. The van der Waals surface area contributed by atoms with E-state index in [0.717, 1.165) is 35.2 Å².